The van der Waals surface area contributed by atoms with E-state index in [0.29, 0.717) is 16.5 Å². The molecule has 0 saturated carbocycles. The fourth-order valence-corrected chi connectivity index (χ4v) is 2.30. The van der Waals surface area contributed by atoms with E-state index in [9.17, 15) is 4.79 Å². The van der Waals surface area contributed by atoms with Gasteiger partial charge in [-0.1, -0.05) is 0 Å². The average molecular weight is 224 g/mol. The molecule has 4 N–H and O–H groups in total. The van der Waals surface area contributed by atoms with Crippen molar-refractivity contribution in [2.45, 2.75) is 10.1 Å². The zero-order chi connectivity index (χ0) is 10.8. The molecule has 1 fully saturated rings. The zero-order valence-corrected chi connectivity index (χ0v) is 8.92. The number of primary amides is 1. The molecule has 2 rings (SSSR count). The first-order valence-corrected chi connectivity index (χ1v) is 5.48. The first-order valence-electron chi connectivity index (χ1n) is 4.60. The van der Waals surface area contributed by atoms with E-state index in [1.165, 1.54) is 0 Å². The van der Waals surface area contributed by atoms with Crippen molar-refractivity contribution in [3.8, 4) is 0 Å². The minimum absolute atomic E-state index is 0.446. The number of amides is 1. The molecule has 0 atom stereocenters. The van der Waals surface area contributed by atoms with Crippen molar-refractivity contribution in [1.82, 2.24) is 0 Å². The Morgan fingerprint density at radius 3 is 2.67 bits per heavy atom. The highest BCUT2D eigenvalue weighted by Crippen LogP contribution is 2.32. The smallest absolute Gasteiger partial charge is 0.248 e. The molecule has 1 saturated heterocycles. The summed E-state index contributed by atoms with van der Waals surface area (Å²) < 4.78 is 5.07. The first kappa shape index (κ1) is 10.3. The molecule has 4 nitrogen and oxygen atoms in total. The third-order valence-electron chi connectivity index (χ3n) is 2.20. The maximum Gasteiger partial charge on any atom is 0.248 e. The molecular weight excluding hydrogens is 212 g/mol. The maximum atomic E-state index is 10.9. The fourth-order valence-electron chi connectivity index (χ4n) is 1.27. The Bertz CT molecular complexity index is 391. The Morgan fingerprint density at radius 1 is 1.47 bits per heavy atom. The highest BCUT2D eigenvalue weighted by atomic mass is 32.2. The lowest BCUT2D eigenvalue weighted by Gasteiger charge is -2.25. The summed E-state index contributed by atoms with van der Waals surface area (Å²) in [5.74, 6) is -0.453. The van der Waals surface area contributed by atoms with Crippen molar-refractivity contribution in [2.24, 2.45) is 5.73 Å². The van der Waals surface area contributed by atoms with E-state index in [4.69, 9.17) is 16.2 Å². The Labute approximate surface area is 92.0 Å². The number of anilines is 1. The summed E-state index contributed by atoms with van der Waals surface area (Å²) in [6.07, 6.45) is 0. The Kier molecular flexibility index (Phi) is 2.83. The quantitative estimate of drug-likeness (QED) is 0.746. The van der Waals surface area contributed by atoms with Crippen LogP contribution in [0.2, 0.25) is 0 Å². The lowest BCUT2D eigenvalue weighted by atomic mass is 10.2. The van der Waals surface area contributed by atoms with Crippen molar-refractivity contribution < 1.29 is 9.53 Å². The number of ether oxygens (including phenoxy) is 1. The lowest BCUT2D eigenvalue weighted by Crippen LogP contribution is -2.30. The van der Waals surface area contributed by atoms with Gasteiger partial charge in [0.05, 0.1) is 18.5 Å². The third-order valence-corrected chi connectivity index (χ3v) is 3.43. The monoisotopic (exact) mass is 224 g/mol. The second-order valence-electron chi connectivity index (χ2n) is 3.39. The van der Waals surface area contributed by atoms with Crippen LogP contribution in [0.1, 0.15) is 10.4 Å². The Morgan fingerprint density at radius 2 is 2.20 bits per heavy atom. The molecule has 0 unspecified atom stereocenters. The van der Waals surface area contributed by atoms with Gasteiger partial charge in [-0.2, -0.15) is 0 Å². The summed E-state index contributed by atoms with van der Waals surface area (Å²) in [5, 5.41) is 0.478. The number of carbonyl (C=O) groups excluding carboxylic acids is 1. The van der Waals surface area contributed by atoms with E-state index in [0.717, 1.165) is 18.1 Å². The molecule has 1 aliphatic heterocycles. The van der Waals surface area contributed by atoms with Crippen LogP contribution in [-0.4, -0.2) is 24.4 Å². The van der Waals surface area contributed by atoms with E-state index in [-0.39, 0.29) is 0 Å². The van der Waals surface area contributed by atoms with Gasteiger partial charge in [0.2, 0.25) is 5.91 Å². The average Bonchev–Trinajstić information content (AvgIpc) is 2.12. The number of carbonyl (C=O) groups is 1. The molecule has 0 bridgehead atoms. The molecule has 1 heterocycles. The lowest BCUT2D eigenvalue weighted by molar-refractivity contribution is 0.0455. The van der Waals surface area contributed by atoms with Gasteiger partial charge in [-0.05, 0) is 18.2 Å². The number of hydrogen-bond acceptors (Lipinski definition) is 4. The number of nitrogens with two attached hydrogens (primary N) is 2. The molecule has 1 aromatic rings. The van der Waals surface area contributed by atoms with Crippen LogP contribution in [-0.2, 0) is 4.74 Å². The van der Waals surface area contributed by atoms with Gasteiger partial charge in [0.15, 0.2) is 0 Å². The second kappa shape index (κ2) is 4.12. The van der Waals surface area contributed by atoms with Gasteiger partial charge in [0.1, 0.15) is 0 Å². The molecule has 1 aromatic carbocycles. The van der Waals surface area contributed by atoms with Crippen LogP contribution >= 0.6 is 11.8 Å². The molecule has 0 aromatic heterocycles. The summed E-state index contributed by atoms with van der Waals surface area (Å²) in [5.41, 5.74) is 12.0. The summed E-state index contributed by atoms with van der Waals surface area (Å²) in [7, 11) is 0. The summed E-state index contributed by atoms with van der Waals surface area (Å²) >= 11 is 1.68. The molecular formula is C10H12N2O2S. The minimum Gasteiger partial charge on any atom is -0.398 e. The summed E-state index contributed by atoms with van der Waals surface area (Å²) in [6.45, 7) is 1.53. The molecule has 80 valence electrons. The number of benzene rings is 1. The van der Waals surface area contributed by atoms with Crippen LogP contribution in [0.3, 0.4) is 0 Å². The number of hydrogen-bond donors (Lipinski definition) is 2. The van der Waals surface area contributed by atoms with Gasteiger partial charge in [0.25, 0.3) is 0 Å². The molecule has 15 heavy (non-hydrogen) atoms. The Hall–Kier alpha value is -1.20. The largest absolute Gasteiger partial charge is 0.398 e. The zero-order valence-electron chi connectivity index (χ0n) is 8.10. The van der Waals surface area contributed by atoms with Crippen LogP contribution in [0.4, 0.5) is 5.69 Å². The van der Waals surface area contributed by atoms with Crippen LogP contribution < -0.4 is 11.5 Å². The second-order valence-corrected chi connectivity index (χ2v) is 4.74. The highest BCUT2D eigenvalue weighted by Gasteiger charge is 2.20. The van der Waals surface area contributed by atoms with Crippen LogP contribution in [0.5, 0.6) is 0 Å². The third kappa shape index (κ3) is 2.24. The molecule has 5 heteroatoms. The minimum atomic E-state index is -0.453. The van der Waals surface area contributed by atoms with Crippen molar-refractivity contribution in [2.75, 3.05) is 18.9 Å². The number of thioether (sulfide) groups is 1. The normalized spacial score (nSPS) is 16.0. The van der Waals surface area contributed by atoms with Gasteiger partial charge in [-0.15, -0.1) is 11.8 Å². The van der Waals surface area contributed by atoms with Gasteiger partial charge in [-0.25, -0.2) is 0 Å². The fraction of sp³-hybridized carbons (Fsp3) is 0.300. The van der Waals surface area contributed by atoms with Gasteiger partial charge in [-0.3, -0.25) is 4.79 Å². The SMILES string of the molecule is NC(=O)c1ccc(SC2COC2)c(N)c1. The number of rotatable bonds is 3. The van der Waals surface area contributed by atoms with E-state index >= 15 is 0 Å². The molecule has 1 aliphatic rings. The van der Waals surface area contributed by atoms with E-state index in [2.05, 4.69) is 0 Å². The number of nitrogen functional groups attached to an aromatic ring is 1. The van der Waals surface area contributed by atoms with Gasteiger partial charge < -0.3 is 16.2 Å². The van der Waals surface area contributed by atoms with Crippen LogP contribution in [0.15, 0.2) is 23.1 Å². The van der Waals surface area contributed by atoms with Gasteiger partial charge in [0, 0.05) is 16.1 Å². The van der Waals surface area contributed by atoms with E-state index < -0.39 is 5.91 Å². The molecule has 0 aliphatic carbocycles. The van der Waals surface area contributed by atoms with Crippen molar-refractivity contribution in [3.05, 3.63) is 23.8 Å². The maximum absolute atomic E-state index is 10.9. The summed E-state index contributed by atoms with van der Waals surface area (Å²) in [6, 6.07) is 5.14. The van der Waals surface area contributed by atoms with Crippen molar-refractivity contribution >= 4 is 23.4 Å². The van der Waals surface area contributed by atoms with Crippen molar-refractivity contribution in [1.29, 1.82) is 0 Å². The predicted octanol–water partition coefficient (Wildman–Crippen LogP) is 0.859. The highest BCUT2D eigenvalue weighted by molar-refractivity contribution is 8.00. The van der Waals surface area contributed by atoms with Crippen LogP contribution in [0, 0.1) is 0 Å². The Balaban J connectivity index is 2.14. The first-order chi connectivity index (χ1) is 7.16. The standard InChI is InChI=1S/C10H12N2O2S/c11-8-3-6(10(12)13)1-2-9(8)15-7-4-14-5-7/h1-3,7H,4-5,11H2,(H2,12,13). The van der Waals surface area contributed by atoms with Crippen molar-refractivity contribution in [3.63, 3.8) is 0 Å². The van der Waals surface area contributed by atoms with Gasteiger partial charge >= 0.3 is 0 Å². The molecule has 0 radical (unpaired) electrons. The summed E-state index contributed by atoms with van der Waals surface area (Å²) in [4.78, 5) is 11.9. The molecule has 0 spiro atoms. The predicted molar refractivity (Wildman–Crippen MR) is 59.8 cm³/mol. The van der Waals surface area contributed by atoms with Crippen LogP contribution in [0.25, 0.3) is 0 Å². The molecule has 1 amide bonds. The topological polar surface area (TPSA) is 78.3 Å². The van der Waals surface area contributed by atoms with E-state index in [1.54, 1.807) is 23.9 Å². The van der Waals surface area contributed by atoms with E-state index in [1.807, 2.05) is 6.07 Å².